The molecule has 0 unspecified atom stereocenters. The average molecular weight is 422 g/mol. The maximum Gasteiger partial charge on any atom is 0.287 e. The number of fused-ring (bicyclic) bond motifs is 1. The number of hydrogen-bond acceptors (Lipinski definition) is 5. The van der Waals surface area contributed by atoms with Gasteiger partial charge in [-0.05, 0) is 42.5 Å². The molecule has 0 aliphatic carbocycles. The van der Waals surface area contributed by atoms with Crippen LogP contribution >= 0.6 is 11.8 Å². The first-order valence-corrected chi connectivity index (χ1v) is 11.7. The predicted molar refractivity (Wildman–Crippen MR) is 109 cm³/mol. The van der Waals surface area contributed by atoms with Crippen molar-refractivity contribution in [3.05, 3.63) is 65.7 Å². The number of halogens is 1. The highest BCUT2D eigenvalue weighted by atomic mass is 32.2. The largest absolute Gasteiger partial charge is 0.451 e. The SMILES string of the molecule is CS(=O)(=O)Cc1c(C(=O)NCCCSc2ccc(F)cc2)oc2ccccc12. The molecule has 0 bridgehead atoms. The molecule has 148 valence electrons. The molecule has 0 saturated carbocycles. The minimum atomic E-state index is -3.33. The van der Waals surface area contributed by atoms with Crippen molar-refractivity contribution >= 4 is 38.5 Å². The van der Waals surface area contributed by atoms with E-state index in [-0.39, 0.29) is 17.3 Å². The lowest BCUT2D eigenvalue weighted by Crippen LogP contribution is -2.25. The lowest BCUT2D eigenvalue weighted by Gasteiger charge is -2.05. The summed E-state index contributed by atoms with van der Waals surface area (Å²) in [5.41, 5.74) is 0.870. The van der Waals surface area contributed by atoms with Crippen LogP contribution in [0.2, 0.25) is 0 Å². The van der Waals surface area contributed by atoms with Crippen molar-refractivity contribution in [3.8, 4) is 0 Å². The summed E-state index contributed by atoms with van der Waals surface area (Å²) in [4.78, 5) is 13.5. The summed E-state index contributed by atoms with van der Waals surface area (Å²) < 4.78 is 42.1. The quantitative estimate of drug-likeness (QED) is 0.439. The van der Waals surface area contributed by atoms with Crippen molar-refractivity contribution in [1.29, 1.82) is 0 Å². The number of furan rings is 1. The molecule has 0 spiro atoms. The molecule has 1 aromatic heterocycles. The van der Waals surface area contributed by atoms with Crippen LogP contribution in [0.5, 0.6) is 0 Å². The molecule has 3 aromatic rings. The number of hydrogen-bond donors (Lipinski definition) is 1. The van der Waals surface area contributed by atoms with E-state index in [2.05, 4.69) is 5.32 Å². The summed E-state index contributed by atoms with van der Waals surface area (Å²) >= 11 is 1.57. The molecular formula is C20H20FNO4S2. The van der Waals surface area contributed by atoms with Crippen LogP contribution in [-0.2, 0) is 15.6 Å². The Labute approximate surface area is 167 Å². The van der Waals surface area contributed by atoms with Crippen molar-refractivity contribution in [3.63, 3.8) is 0 Å². The molecule has 2 aromatic carbocycles. The Balaban J connectivity index is 1.61. The van der Waals surface area contributed by atoms with Gasteiger partial charge in [-0.15, -0.1) is 11.8 Å². The summed E-state index contributed by atoms with van der Waals surface area (Å²) in [5, 5.41) is 3.41. The molecule has 0 aliphatic rings. The second-order valence-corrected chi connectivity index (χ2v) is 9.70. The molecule has 8 heteroatoms. The zero-order chi connectivity index (χ0) is 20.1. The van der Waals surface area contributed by atoms with E-state index < -0.39 is 15.7 Å². The maximum atomic E-state index is 12.9. The highest BCUT2D eigenvalue weighted by molar-refractivity contribution is 7.99. The van der Waals surface area contributed by atoms with E-state index in [1.165, 1.54) is 12.1 Å². The number of nitrogens with one attached hydrogen (secondary N) is 1. The molecule has 5 nitrogen and oxygen atoms in total. The summed E-state index contributed by atoms with van der Waals surface area (Å²) in [6.07, 6.45) is 1.83. The van der Waals surface area contributed by atoms with Gasteiger partial charge in [0.25, 0.3) is 5.91 Å². The molecule has 0 aliphatic heterocycles. The second-order valence-electron chi connectivity index (χ2n) is 6.39. The van der Waals surface area contributed by atoms with Gasteiger partial charge >= 0.3 is 0 Å². The lowest BCUT2D eigenvalue weighted by molar-refractivity contribution is 0.0927. The third-order valence-electron chi connectivity index (χ3n) is 4.00. The van der Waals surface area contributed by atoms with E-state index in [0.29, 0.717) is 29.5 Å². The van der Waals surface area contributed by atoms with Crippen LogP contribution in [0.1, 0.15) is 22.5 Å². The van der Waals surface area contributed by atoms with Gasteiger partial charge in [-0.2, -0.15) is 0 Å². The summed E-state index contributed by atoms with van der Waals surface area (Å²) in [7, 11) is -3.33. The zero-order valence-electron chi connectivity index (χ0n) is 15.3. The van der Waals surface area contributed by atoms with Crippen LogP contribution in [0.15, 0.2) is 57.8 Å². The van der Waals surface area contributed by atoms with E-state index in [9.17, 15) is 17.6 Å². The van der Waals surface area contributed by atoms with Crippen LogP contribution in [0.3, 0.4) is 0 Å². The minimum Gasteiger partial charge on any atom is -0.451 e. The van der Waals surface area contributed by atoms with Gasteiger partial charge in [-0.25, -0.2) is 12.8 Å². The van der Waals surface area contributed by atoms with Crippen LogP contribution < -0.4 is 5.32 Å². The Morgan fingerprint density at radius 2 is 1.86 bits per heavy atom. The third kappa shape index (κ3) is 5.36. The Morgan fingerprint density at radius 3 is 2.57 bits per heavy atom. The van der Waals surface area contributed by atoms with E-state index in [4.69, 9.17) is 4.42 Å². The number of para-hydroxylation sites is 1. The van der Waals surface area contributed by atoms with E-state index in [1.54, 1.807) is 48.2 Å². The zero-order valence-corrected chi connectivity index (χ0v) is 16.9. The second kappa shape index (κ2) is 8.79. The van der Waals surface area contributed by atoms with Crippen LogP contribution in [0.25, 0.3) is 11.0 Å². The smallest absolute Gasteiger partial charge is 0.287 e. The number of sulfone groups is 1. The van der Waals surface area contributed by atoms with Gasteiger partial charge in [0, 0.05) is 28.6 Å². The fourth-order valence-corrected chi connectivity index (χ4v) is 4.43. The molecule has 1 heterocycles. The van der Waals surface area contributed by atoms with Gasteiger partial charge in [-0.3, -0.25) is 4.79 Å². The fraction of sp³-hybridized carbons (Fsp3) is 0.250. The van der Waals surface area contributed by atoms with Gasteiger partial charge in [0.15, 0.2) is 15.6 Å². The van der Waals surface area contributed by atoms with Crippen LogP contribution in [0.4, 0.5) is 4.39 Å². The third-order valence-corrected chi connectivity index (χ3v) is 5.91. The van der Waals surface area contributed by atoms with Crippen molar-refractivity contribution < 1.29 is 22.0 Å². The van der Waals surface area contributed by atoms with Crippen molar-refractivity contribution in [2.24, 2.45) is 0 Å². The van der Waals surface area contributed by atoms with E-state index in [1.807, 2.05) is 0 Å². The van der Waals surface area contributed by atoms with E-state index in [0.717, 1.165) is 16.9 Å². The lowest BCUT2D eigenvalue weighted by atomic mass is 10.1. The highest BCUT2D eigenvalue weighted by Gasteiger charge is 2.22. The average Bonchev–Trinajstić information content (AvgIpc) is 3.00. The monoisotopic (exact) mass is 421 g/mol. The van der Waals surface area contributed by atoms with Crippen LogP contribution in [0, 0.1) is 5.82 Å². The Morgan fingerprint density at radius 1 is 1.14 bits per heavy atom. The first-order chi connectivity index (χ1) is 13.3. The molecule has 28 heavy (non-hydrogen) atoms. The molecule has 0 fully saturated rings. The normalized spacial score (nSPS) is 11.6. The first kappa shape index (κ1) is 20.4. The van der Waals surface area contributed by atoms with Crippen molar-refractivity contribution in [2.75, 3.05) is 18.6 Å². The maximum absolute atomic E-state index is 12.9. The Bertz CT molecular complexity index is 1080. The van der Waals surface area contributed by atoms with Gasteiger partial charge in [0.05, 0.1) is 5.75 Å². The van der Waals surface area contributed by atoms with Gasteiger partial charge in [0.2, 0.25) is 0 Å². The number of rotatable bonds is 8. The predicted octanol–water partition coefficient (Wildman–Crippen LogP) is 4.03. The van der Waals surface area contributed by atoms with E-state index >= 15 is 0 Å². The van der Waals surface area contributed by atoms with Gasteiger partial charge in [-0.1, -0.05) is 18.2 Å². The number of carbonyl (C=O) groups excluding carboxylic acids is 1. The molecule has 0 saturated heterocycles. The number of carbonyl (C=O) groups is 1. The standard InChI is InChI=1S/C20H20FNO4S2/c1-28(24,25)13-17-16-5-2-3-6-18(16)26-19(17)20(23)22-11-4-12-27-15-9-7-14(21)8-10-15/h2-3,5-10H,4,11-13H2,1H3,(H,22,23). The van der Waals surface area contributed by atoms with Gasteiger partial charge < -0.3 is 9.73 Å². The van der Waals surface area contributed by atoms with Crippen LogP contribution in [-0.4, -0.2) is 32.9 Å². The molecule has 1 N–H and O–H groups in total. The molecule has 3 rings (SSSR count). The Hall–Kier alpha value is -2.32. The van der Waals surface area contributed by atoms with Crippen molar-refractivity contribution in [1.82, 2.24) is 5.32 Å². The van der Waals surface area contributed by atoms with Crippen molar-refractivity contribution in [2.45, 2.75) is 17.1 Å². The molecular weight excluding hydrogens is 401 g/mol. The topological polar surface area (TPSA) is 76.4 Å². The summed E-state index contributed by atoms with van der Waals surface area (Å²) in [6.45, 7) is 0.419. The summed E-state index contributed by atoms with van der Waals surface area (Å²) in [6, 6.07) is 13.2. The minimum absolute atomic E-state index is 0.0396. The number of benzene rings is 2. The first-order valence-electron chi connectivity index (χ1n) is 8.68. The molecule has 0 atom stereocenters. The summed E-state index contributed by atoms with van der Waals surface area (Å²) in [5.74, 6) is -0.165. The molecule has 1 amide bonds. The fourth-order valence-electron chi connectivity index (χ4n) is 2.76. The highest BCUT2D eigenvalue weighted by Crippen LogP contribution is 2.27. The molecule has 0 radical (unpaired) electrons. The Kier molecular flexibility index (Phi) is 6.41. The number of amides is 1. The van der Waals surface area contributed by atoms with Gasteiger partial charge in [0.1, 0.15) is 11.4 Å². The number of thioether (sulfide) groups is 1.